The first-order valence-electron chi connectivity index (χ1n) is 11.5. The molecule has 8 nitrogen and oxygen atoms in total. The van der Waals surface area contributed by atoms with Gasteiger partial charge in [0.25, 0.3) is 5.91 Å². The smallest absolute Gasteiger partial charge is 0.407 e. The molecule has 0 saturated carbocycles. The summed E-state index contributed by atoms with van der Waals surface area (Å²) in [6, 6.07) is 19.1. The first kappa shape index (κ1) is 23.9. The van der Waals surface area contributed by atoms with Crippen LogP contribution in [0, 0.1) is 0 Å². The van der Waals surface area contributed by atoms with Gasteiger partial charge in [-0.25, -0.2) is 4.79 Å². The van der Waals surface area contributed by atoms with Crippen molar-refractivity contribution in [2.45, 2.75) is 38.3 Å². The third-order valence-electron chi connectivity index (χ3n) is 6.00. The van der Waals surface area contributed by atoms with Gasteiger partial charge in [0.1, 0.15) is 6.61 Å². The fourth-order valence-corrected chi connectivity index (χ4v) is 4.25. The molecule has 0 saturated heterocycles. The van der Waals surface area contributed by atoms with Crippen LogP contribution in [0.5, 0.6) is 0 Å². The Balaban J connectivity index is 1.30. The van der Waals surface area contributed by atoms with Crippen molar-refractivity contribution in [1.82, 2.24) is 15.6 Å². The molecule has 2 aromatic carbocycles. The van der Waals surface area contributed by atoms with Gasteiger partial charge in [0, 0.05) is 30.1 Å². The van der Waals surface area contributed by atoms with Crippen molar-refractivity contribution in [1.29, 1.82) is 0 Å². The Morgan fingerprint density at radius 2 is 1.69 bits per heavy atom. The van der Waals surface area contributed by atoms with Crippen molar-refractivity contribution in [3.05, 3.63) is 89.2 Å². The quantitative estimate of drug-likeness (QED) is 0.431. The van der Waals surface area contributed by atoms with Crippen LogP contribution in [0.4, 0.5) is 4.79 Å². The molecule has 3 aromatic rings. The zero-order valence-corrected chi connectivity index (χ0v) is 19.4. The van der Waals surface area contributed by atoms with Gasteiger partial charge in [0.05, 0.1) is 12.2 Å². The summed E-state index contributed by atoms with van der Waals surface area (Å²) in [5.74, 6) is -1.26. The van der Waals surface area contributed by atoms with Gasteiger partial charge < -0.3 is 20.5 Å². The van der Waals surface area contributed by atoms with E-state index in [4.69, 9.17) is 9.84 Å². The number of alkyl carbamates (subject to hydrolysis) is 1. The fraction of sp³-hybridized carbons (Fsp3) is 0.259. The number of carbonyl (C=O) groups excluding carboxylic acids is 2. The van der Waals surface area contributed by atoms with Gasteiger partial charge in [0.15, 0.2) is 0 Å². The van der Waals surface area contributed by atoms with E-state index in [0.29, 0.717) is 17.7 Å². The lowest BCUT2D eigenvalue weighted by atomic mass is 9.98. The van der Waals surface area contributed by atoms with Crippen LogP contribution in [0.3, 0.4) is 0 Å². The highest BCUT2D eigenvalue weighted by atomic mass is 16.5. The zero-order valence-electron chi connectivity index (χ0n) is 19.4. The number of aliphatic carboxylic acids is 1. The number of ether oxygens (including phenoxy) is 1. The average Bonchev–Trinajstić information content (AvgIpc) is 3.19. The van der Waals surface area contributed by atoms with Crippen LogP contribution < -0.4 is 10.6 Å². The summed E-state index contributed by atoms with van der Waals surface area (Å²) in [5, 5.41) is 14.2. The van der Waals surface area contributed by atoms with Crippen molar-refractivity contribution < 1.29 is 24.2 Å². The lowest BCUT2D eigenvalue weighted by molar-refractivity contribution is -0.137. The molecule has 0 aliphatic heterocycles. The van der Waals surface area contributed by atoms with E-state index in [1.54, 1.807) is 19.1 Å². The monoisotopic (exact) mass is 473 g/mol. The Bertz CT molecular complexity index is 1200. The molecule has 1 heterocycles. The minimum Gasteiger partial charge on any atom is -0.481 e. The molecule has 0 bridgehead atoms. The predicted octanol–water partition coefficient (Wildman–Crippen LogP) is 4.10. The van der Waals surface area contributed by atoms with Crippen molar-refractivity contribution >= 4 is 18.0 Å². The summed E-state index contributed by atoms with van der Waals surface area (Å²) >= 11 is 0. The van der Waals surface area contributed by atoms with Gasteiger partial charge in [-0.3, -0.25) is 14.6 Å². The third-order valence-corrected chi connectivity index (χ3v) is 6.00. The Kier molecular flexibility index (Phi) is 7.40. The van der Waals surface area contributed by atoms with Crippen LogP contribution in [0.1, 0.15) is 52.9 Å². The Labute approximate surface area is 203 Å². The largest absolute Gasteiger partial charge is 0.481 e. The molecule has 4 rings (SSSR count). The first-order valence-corrected chi connectivity index (χ1v) is 11.5. The Morgan fingerprint density at radius 3 is 2.34 bits per heavy atom. The van der Waals surface area contributed by atoms with E-state index in [1.807, 2.05) is 24.3 Å². The number of fused-ring (bicyclic) bond motifs is 3. The molecule has 1 aliphatic carbocycles. The summed E-state index contributed by atoms with van der Waals surface area (Å²) in [5.41, 5.74) is 5.48. The van der Waals surface area contributed by atoms with Crippen LogP contribution in [0.2, 0.25) is 0 Å². The number of hydrogen-bond donors (Lipinski definition) is 3. The molecule has 0 fully saturated rings. The normalized spacial score (nSPS) is 12.8. The van der Waals surface area contributed by atoms with E-state index in [1.165, 1.54) is 6.20 Å². The van der Waals surface area contributed by atoms with Gasteiger partial charge in [-0.2, -0.15) is 0 Å². The van der Waals surface area contributed by atoms with Gasteiger partial charge in [0.2, 0.25) is 0 Å². The van der Waals surface area contributed by atoms with Crippen LogP contribution in [-0.2, 0) is 16.1 Å². The topological polar surface area (TPSA) is 118 Å². The van der Waals surface area contributed by atoms with E-state index in [2.05, 4.69) is 39.9 Å². The molecule has 1 aliphatic rings. The Hall–Kier alpha value is -4.20. The molecule has 2 amide bonds. The van der Waals surface area contributed by atoms with E-state index in [-0.39, 0.29) is 37.4 Å². The average molecular weight is 474 g/mol. The molecule has 8 heteroatoms. The van der Waals surface area contributed by atoms with E-state index in [0.717, 1.165) is 22.3 Å². The van der Waals surface area contributed by atoms with E-state index in [9.17, 15) is 14.4 Å². The number of amides is 2. The minimum atomic E-state index is -0.906. The van der Waals surface area contributed by atoms with E-state index < -0.39 is 12.1 Å². The molecule has 1 unspecified atom stereocenters. The van der Waals surface area contributed by atoms with Gasteiger partial charge in [-0.05, 0) is 47.7 Å². The number of carboxylic acid groups (broad SMARTS) is 1. The molecular formula is C27H27N3O5. The number of carboxylic acids is 1. The molecule has 35 heavy (non-hydrogen) atoms. The second-order valence-corrected chi connectivity index (χ2v) is 8.52. The molecule has 3 N–H and O–H groups in total. The standard InChI is InChI=1S/C27H27N3O5/c1-17(10-11-25(31)32)30-26(33)18-12-13-28-19(14-18)15-29-27(34)35-16-24-22-8-4-2-6-20(22)21-7-3-5-9-23(21)24/h2-9,12-14,17,24H,10-11,15-16H2,1H3,(H,29,34)(H,30,33)(H,31,32). The number of nitrogens with one attached hydrogen (secondary N) is 2. The lowest BCUT2D eigenvalue weighted by Crippen LogP contribution is -2.33. The van der Waals surface area contributed by atoms with Crippen LogP contribution in [0.25, 0.3) is 11.1 Å². The van der Waals surface area contributed by atoms with Crippen LogP contribution in [0.15, 0.2) is 66.9 Å². The molecule has 180 valence electrons. The highest BCUT2D eigenvalue weighted by Crippen LogP contribution is 2.44. The minimum absolute atomic E-state index is 0.0207. The maximum Gasteiger partial charge on any atom is 0.407 e. The maximum atomic E-state index is 12.4. The molecular weight excluding hydrogens is 446 g/mol. The van der Waals surface area contributed by atoms with Crippen molar-refractivity contribution in [2.75, 3.05) is 6.61 Å². The lowest BCUT2D eigenvalue weighted by Gasteiger charge is -2.15. The maximum absolute atomic E-state index is 12.4. The van der Waals surface area contributed by atoms with Gasteiger partial charge in [-0.15, -0.1) is 0 Å². The highest BCUT2D eigenvalue weighted by Gasteiger charge is 2.29. The number of nitrogens with zero attached hydrogens (tertiary/aromatic N) is 1. The number of pyridine rings is 1. The number of benzene rings is 2. The molecule has 0 spiro atoms. The summed E-state index contributed by atoms with van der Waals surface area (Å²) in [6.45, 7) is 2.07. The fourth-order valence-electron chi connectivity index (χ4n) is 4.25. The summed E-state index contributed by atoms with van der Waals surface area (Å²) in [4.78, 5) is 39.7. The van der Waals surface area contributed by atoms with Crippen LogP contribution in [-0.4, -0.2) is 40.7 Å². The van der Waals surface area contributed by atoms with E-state index >= 15 is 0 Å². The zero-order chi connectivity index (χ0) is 24.8. The summed E-state index contributed by atoms with van der Waals surface area (Å²) in [7, 11) is 0. The Morgan fingerprint density at radius 1 is 1.03 bits per heavy atom. The first-order chi connectivity index (χ1) is 16.9. The number of carbonyl (C=O) groups is 3. The number of hydrogen-bond acceptors (Lipinski definition) is 5. The highest BCUT2D eigenvalue weighted by molar-refractivity contribution is 5.94. The SMILES string of the molecule is CC(CCC(=O)O)NC(=O)c1ccnc(CNC(=O)OCC2c3ccccc3-c3ccccc32)c1. The van der Waals surface area contributed by atoms with Gasteiger partial charge >= 0.3 is 12.1 Å². The second kappa shape index (κ2) is 10.8. The van der Waals surface area contributed by atoms with Crippen molar-refractivity contribution in [2.24, 2.45) is 0 Å². The van der Waals surface area contributed by atoms with Crippen molar-refractivity contribution in [3.8, 4) is 11.1 Å². The van der Waals surface area contributed by atoms with Crippen molar-refractivity contribution in [3.63, 3.8) is 0 Å². The summed E-state index contributed by atoms with van der Waals surface area (Å²) < 4.78 is 5.53. The summed E-state index contributed by atoms with van der Waals surface area (Å²) in [6.07, 6.45) is 1.24. The van der Waals surface area contributed by atoms with Crippen LogP contribution >= 0.6 is 0 Å². The molecule has 1 aromatic heterocycles. The number of aromatic nitrogens is 1. The third kappa shape index (κ3) is 5.84. The van der Waals surface area contributed by atoms with Gasteiger partial charge in [-0.1, -0.05) is 48.5 Å². The number of rotatable bonds is 9. The second-order valence-electron chi connectivity index (χ2n) is 8.52. The molecule has 1 atom stereocenters. The predicted molar refractivity (Wildman–Crippen MR) is 130 cm³/mol. The molecule has 0 radical (unpaired) electrons.